The van der Waals surface area contributed by atoms with Crippen molar-refractivity contribution >= 4 is 6.21 Å². The Balaban J connectivity index is 4.36. The van der Waals surface area contributed by atoms with Gasteiger partial charge >= 0.3 is 0 Å². The van der Waals surface area contributed by atoms with Crippen LogP contribution in [0.3, 0.4) is 0 Å². The van der Waals surface area contributed by atoms with Crippen LogP contribution < -0.4 is 5.32 Å². The first-order valence-corrected chi connectivity index (χ1v) is 5.82. The topological polar surface area (TPSA) is 24.4 Å². The molecule has 2 heteroatoms. The Bertz CT molecular complexity index is 292. The van der Waals surface area contributed by atoms with Gasteiger partial charge in [0.15, 0.2) is 0 Å². The Morgan fingerprint density at radius 2 is 2.06 bits per heavy atom. The summed E-state index contributed by atoms with van der Waals surface area (Å²) in [6.07, 6.45) is 10.9. The van der Waals surface area contributed by atoms with Gasteiger partial charge in [-0.15, -0.1) is 0 Å². The van der Waals surface area contributed by atoms with Gasteiger partial charge in [-0.25, -0.2) is 0 Å². The van der Waals surface area contributed by atoms with Gasteiger partial charge in [0.05, 0.1) is 0 Å². The molecular weight excluding hydrogens is 196 g/mol. The summed E-state index contributed by atoms with van der Waals surface area (Å²) >= 11 is 0. The summed E-state index contributed by atoms with van der Waals surface area (Å²) in [5.41, 5.74) is 2.47. The third-order valence-corrected chi connectivity index (χ3v) is 2.44. The van der Waals surface area contributed by atoms with Crippen LogP contribution in [0.1, 0.15) is 34.1 Å². The summed E-state index contributed by atoms with van der Waals surface area (Å²) in [4.78, 5) is 4.27. The first kappa shape index (κ1) is 14.8. The van der Waals surface area contributed by atoms with E-state index >= 15 is 0 Å². The molecule has 16 heavy (non-hydrogen) atoms. The largest absolute Gasteiger partial charge is 0.313 e. The Kier molecular flexibility index (Phi) is 8.45. The fraction of sp³-hybridized carbons (Fsp3) is 0.500. The number of allylic oxidation sites excluding steroid dienone is 4. The van der Waals surface area contributed by atoms with Crippen molar-refractivity contribution in [1.29, 1.82) is 0 Å². The number of likely N-dealkylation sites (N-methyl/N-ethyl adjacent to an activating group) is 1. The van der Waals surface area contributed by atoms with Crippen LogP contribution in [-0.4, -0.2) is 19.3 Å². The molecule has 0 aromatic carbocycles. The Morgan fingerprint density at radius 1 is 1.38 bits per heavy atom. The first-order valence-electron chi connectivity index (χ1n) is 5.82. The zero-order valence-electron chi connectivity index (χ0n) is 11.1. The van der Waals surface area contributed by atoms with Gasteiger partial charge in [-0.3, -0.25) is 4.99 Å². The van der Waals surface area contributed by atoms with E-state index in [1.54, 1.807) is 0 Å². The molecule has 0 aromatic rings. The van der Waals surface area contributed by atoms with Crippen molar-refractivity contribution in [3.05, 3.63) is 35.6 Å². The van der Waals surface area contributed by atoms with Crippen molar-refractivity contribution in [2.45, 2.75) is 40.2 Å². The lowest BCUT2D eigenvalue weighted by Gasteiger charge is -2.12. The molecule has 0 radical (unpaired) electrons. The van der Waals surface area contributed by atoms with Crippen LogP contribution in [0.5, 0.6) is 0 Å². The van der Waals surface area contributed by atoms with Gasteiger partial charge in [0.2, 0.25) is 0 Å². The fourth-order valence-corrected chi connectivity index (χ4v) is 1.48. The highest BCUT2D eigenvalue weighted by atomic mass is 14.9. The molecule has 0 aliphatic carbocycles. The van der Waals surface area contributed by atoms with Gasteiger partial charge in [-0.1, -0.05) is 19.1 Å². The molecule has 2 nitrogen and oxygen atoms in total. The molecule has 0 aromatic heterocycles. The van der Waals surface area contributed by atoms with E-state index in [0.717, 1.165) is 6.42 Å². The molecule has 0 aliphatic rings. The van der Waals surface area contributed by atoms with E-state index in [1.807, 2.05) is 38.5 Å². The van der Waals surface area contributed by atoms with Crippen LogP contribution in [0, 0.1) is 0 Å². The minimum absolute atomic E-state index is 0.428. The van der Waals surface area contributed by atoms with Crippen molar-refractivity contribution in [2.75, 3.05) is 7.05 Å². The maximum absolute atomic E-state index is 4.27. The summed E-state index contributed by atoms with van der Waals surface area (Å²) in [6, 6.07) is 0.428. The highest BCUT2D eigenvalue weighted by Crippen LogP contribution is 2.04. The summed E-state index contributed by atoms with van der Waals surface area (Å²) in [5.74, 6) is 0. The molecule has 0 fully saturated rings. The van der Waals surface area contributed by atoms with Crippen LogP contribution in [0.15, 0.2) is 40.6 Å². The average molecular weight is 220 g/mol. The van der Waals surface area contributed by atoms with Crippen molar-refractivity contribution in [1.82, 2.24) is 5.32 Å². The minimum atomic E-state index is 0.428. The second kappa shape index (κ2) is 9.10. The van der Waals surface area contributed by atoms with Crippen LogP contribution in [0.2, 0.25) is 0 Å². The lowest BCUT2D eigenvalue weighted by atomic mass is 10.1. The van der Waals surface area contributed by atoms with Gasteiger partial charge in [-0.2, -0.15) is 0 Å². The van der Waals surface area contributed by atoms with E-state index in [0.29, 0.717) is 6.04 Å². The van der Waals surface area contributed by atoms with Gasteiger partial charge in [0.1, 0.15) is 0 Å². The third-order valence-electron chi connectivity index (χ3n) is 2.44. The van der Waals surface area contributed by atoms with Gasteiger partial charge < -0.3 is 5.32 Å². The predicted octanol–water partition coefficient (Wildman–Crippen LogP) is 3.48. The maximum Gasteiger partial charge on any atom is 0.0289 e. The normalized spacial score (nSPS) is 16.3. The predicted molar refractivity (Wildman–Crippen MR) is 74.0 cm³/mol. The number of hydrogen-bond donors (Lipinski definition) is 1. The average Bonchev–Trinajstić information content (AvgIpc) is 2.26. The SMILES string of the molecule is C\C=C/C(C)=C/C=N\C=C(/C)C(CC)NC. The van der Waals surface area contributed by atoms with E-state index in [2.05, 4.69) is 37.2 Å². The fourth-order valence-electron chi connectivity index (χ4n) is 1.48. The Morgan fingerprint density at radius 3 is 2.56 bits per heavy atom. The van der Waals surface area contributed by atoms with E-state index in [9.17, 15) is 0 Å². The Hall–Kier alpha value is -1.15. The van der Waals surface area contributed by atoms with Crippen molar-refractivity contribution in [3.63, 3.8) is 0 Å². The van der Waals surface area contributed by atoms with E-state index in [4.69, 9.17) is 0 Å². The molecule has 0 rings (SSSR count). The molecule has 1 N–H and O–H groups in total. The molecule has 0 aliphatic heterocycles. The first-order chi connectivity index (χ1) is 7.65. The lowest BCUT2D eigenvalue weighted by Crippen LogP contribution is -2.25. The maximum atomic E-state index is 4.27. The standard InChI is InChI=1S/C14H24N2/c1-6-8-12(3)9-10-16-11-13(4)14(7-2)15-5/h6,8-11,14-15H,7H2,1-5H3/b8-6-,12-9+,13-11+,16-10-. The molecule has 90 valence electrons. The quantitative estimate of drug-likeness (QED) is 0.538. The van der Waals surface area contributed by atoms with Gasteiger partial charge in [-0.05, 0) is 51.5 Å². The zero-order valence-corrected chi connectivity index (χ0v) is 11.1. The monoisotopic (exact) mass is 220 g/mol. The second-order valence-electron chi connectivity index (χ2n) is 3.83. The van der Waals surface area contributed by atoms with Gasteiger partial charge in [0.25, 0.3) is 0 Å². The van der Waals surface area contributed by atoms with Crippen LogP contribution in [0.4, 0.5) is 0 Å². The number of rotatable bonds is 6. The minimum Gasteiger partial charge on any atom is -0.313 e. The molecule has 0 spiro atoms. The van der Waals surface area contributed by atoms with Crippen LogP contribution in [-0.2, 0) is 0 Å². The number of hydrogen-bond acceptors (Lipinski definition) is 2. The number of nitrogens with one attached hydrogen (secondary N) is 1. The zero-order chi connectivity index (χ0) is 12.4. The van der Waals surface area contributed by atoms with E-state index in [-0.39, 0.29) is 0 Å². The highest BCUT2D eigenvalue weighted by Gasteiger charge is 2.02. The molecular formula is C14H24N2. The molecule has 0 saturated carbocycles. The van der Waals surface area contributed by atoms with Crippen molar-refractivity contribution in [2.24, 2.45) is 4.99 Å². The number of nitrogens with zero attached hydrogens (tertiary/aromatic N) is 1. The Labute approximate surface area is 99.9 Å². The molecule has 0 saturated heterocycles. The second-order valence-corrected chi connectivity index (χ2v) is 3.83. The summed E-state index contributed by atoms with van der Waals surface area (Å²) in [6.45, 7) is 8.34. The molecule has 0 amide bonds. The molecule has 0 bridgehead atoms. The smallest absolute Gasteiger partial charge is 0.0289 e. The molecule has 1 unspecified atom stereocenters. The van der Waals surface area contributed by atoms with Crippen molar-refractivity contribution in [3.8, 4) is 0 Å². The molecule has 0 heterocycles. The van der Waals surface area contributed by atoms with Crippen molar-refractivity contribution < 1.29 is 0 Å². The van der Waals surface area contributed by atoms with E-state index in [1.165, 1.54) is 11.1 Å². The van der Waals surface area contributed by atoms with Gasteiger partial charge in [0, 0.05) is 18.5 Å². The summed E-state index contributed by atoms with van der Waals surface area (Å²) in [7, 11) is 1.98. The highest BCUT2D eigenvalue weighted by molar-refractivity contribution is 5.73. The third kappa shape index (κ3) is 6.36. The molecule has 1 atom stereocenters. The van der Waals surface area contributed by atoms with Crippen LogP contribution in [0.25, 0.3) is 0 Å². The van der Waals surface area contributed by atoms with E-state index < -0.39 is 0 Å². The summed E-state index contributed by atoms with van der Waals surface area (Å²) < 4.78 is 0. The summed E-state index contributed by atoms with van der Waals surface area (Å²) in [5, 5.41) is 3.25. The van der Waals surface area contributed by atoms with Crippen LogP contribution >= 0.6 is 0 Å². The lowest BCUT2D eigenvalue weighted by molar-refractivity contribution is 0.615. The number of aliphatic imine (C=N–C) groups is 1.